The molecule has 2 aromatic rings. The molecule has 0 N–H and O–H groups in total. The average molecular weight is 289 g/mol. The number of carbonyl (C=O) groups excluding carboxylic acids is 1. The van der Waals surface area contributed by atoms with E-state index < -0.39 is 0 Å². The van der Waals surface area contributed by atoms with Crippen molar-refractivity contribution in [1.29, 1.82) is 0 Å². The third-order valence-corrected chi connectivity index (χ3v) is 2.52. The van der Waals surface area contributed by atoms with Crippen LogP contribution in [0.1, 0.15) is 16.1 Å². The zero-order valence-corrected chi connectivity index (χ0v) is 10.5. The first-order chi connectivity index (χ1) is 8.25. The second kappa shape index (κ2) is 5.50. The van der Waals surface area contributed by atoms with E-state index in [1.54, 1.807) is 24.5 Å². The number of carbonyl (C=O) groups is 1. The first-order valence-corrected chi connectivity index (χ1v) is 5.79. The van der Waals surface area contributed by atoms with Gasteiger partial charge in [-0.05, 0) is 46.3 Å². The monoisotopic (exact) mass is 288 g/mol. The Morgan fingerprint density at radius 3 is 2.88 bits per heavy atom. The topological polar surface area (TPSA) is 42.9 Å². The van der Waals surface area contributed by atoms with Gasteiger partial charge in [-0.1, -0.05) is 6.07 Å². The fourth-order valence-electron chi connectivity index (χ4n) is 1.28. The van der Waals surface area contributed by atoms with Crippen LogP contribution in [-0.2, 0) is 0 Å². The molecule has 0 saturated carbocycles. The molecule has 3 nitrogen and oxygen atoms in total. The van der Waals surface area contributed by atoms with Crippen LogP contribution in [0.3, 0.4) is 0 Å². The lowest BCUT2D eigenvalue weighted by molar-refractivity contribution is 0.104. The molecular weight excluding hydrogens is 280 g/mol. The van der Waals surface area contributed by atoms with Crippen LogP contribution in [-0.4, -0.2) is 15.8 Å². The lowest BCUT2D eigenvalue weighted by atomic mass is 10.1. The molecule has 17 heavy (non-hydrogen) atoms. The minimum Gasteiger partial charge on any atom is -0.289 e. The van der Waals surface area contributed by atoms with Crippen LogP contribution >= 0.6 is 15.9 Å². The Hall–Kier alpha value is -1.81. The van der Waals surface area contributed by atoms with E-state index >= 15 is 0 Å². The predicted molar refractivity (Wildman–Crippen MR) is 69.5 cm³/mol. The van der Waals surface area contributed by atoms with Crippen LogP contribution in [0.25, 0.3) is 6.08 Å². The Morgan fingerprint density at radius 2 is 2.18 bits per heavy atom. The number of aromatic nitrogens is 2. The van der Waals surface area contributed by atoms with Crippen molar-refractivity contribution in [3.05, 3.63) is 64.7 Å². The summed E-state index contributed by atoms with van der Waals surface area (Å²) in [5.41, 5.74) is 1.30. The fraction of sp³-hybridized carbons (Fsp3) is 0. The molecule has 0 radical (unpaired) electrons. The van der Waals surface area contributed by atoms with E-state index in [0.717, 1.165) is 10.2 Å². The molecule has 0 fully saturated rings. The minimum absolute atomic E-state index is 0.0931. The first-order valence-electron chi connectivity index (χ1n) is 5.00. The molecule has 0 bridgehead atoms. The van der Waals surface area contributed by atoms with Crippen molar-refractivity contribution in [2.75, 3.05) is 0 Å². The minimum atomic E-state index is -0.0931. The molecular formula is C13H9BrN2O. The van der Waals surface area contributed by atoms with Crippen molar-refractivity contribution < 1.29 is 4.79 Å². The van der Waals surface area contributed by atoms with E-state index in [2.05, 4.69) is 25.9 Å². The molecule has 2 heterocycles. The molecule has 0 aromatic carbocycles. The molecule has 2 rings (SSSR count). The van der Waals surface area contributed by atoms with E-state index in [-0.39, 0.29) is 5.78 Å². The second-order valence-electron chi connectivity index (χ2n) is 3.34. The van der Waals surface area contributed by atoms with Gasteiger partial charge in [-0.15, -0.1) is 0 Å². The normalized spacial score (nSPS) is 10.6. The zero-order chi connectivity index (χ0) is 12.1. The summed E-state index contributed by atoms with van der Waals surface area (Å²) in [6.07, 6.45) is 8.04. The number of halogens is 1. The van der Waals surface area contributed by atoms with Gasteiger partial charge >= 0.3 is 0 Å². The van der Waals surface area contributed by atoms with E-state index in [1.807, 2.05) is 18.2 Å². The molecule has 2 aromatic heterocycles. The molecule has 4 heteroatoms. The summed E-state index contributed by atoms with van der Waals surface area (Å²) < 4.78 is 0.787. The van der Waals surface area contributed by atoms with Crippen LogP contribution in [0.2, 0.25) is 0 Å². The highest BCUT2D eigenvalue weighted by molar-refractivity contribution is 9.10. The molecule has 84 valence electrons. The second-order valence-corrected chi connectivity index (χ2v) is 4.26. The Kier molecular flexibility index (Phi) is 3.77. The van der Waals surface area contributed by atoms with Gasteiger partial charge < -0.3 is 0 Å². The number of hydrogen-bond donors (Lipinski definition) is 0. The van der Waals surface area contributed by atoms with Crippen LogP contribution < -0.4 is 0 Å². The van der Waals surface area contributed by atoms with E-state index in [1.165, 1.54) is 12.3 Å². The number of ketones is 1. The summed E-state index contributed by atoms with van der Waals surface area (Å²) in [6, 6.07) is 7.27. The lowest BCUT2D eigenvalue weighted by Crippen LogP contribution is -1.95. The zero-order valence-electron chi connectivity index (χ0n) is 8.88. The molecule has 0 aliphatic carbocycles. The lowest BCUT2D eigenvalue weighted by Gasteiger charge is -1.95. The largest absolute Gasteiger partial charge is 0.289 e. The predicted octanol–water partition coefficient (Wildman–Crippen LogP) is 3.14. The van der Waals surface area contributed by atoms with Crippen LogP contribution in [0, 0.1) is 0 Å². The summed E-state index contributed by atoms with van der Waals surface area (Å²) in [5.74, 6) is -0.0931. The number of pyridine rings is 2. The summed E-state index contributed by atoms with van der Waals surface area (Å²) in [4.78, 5) is 19.8. The highest BCUT2D eigenvalue weighted by Crippen LogP contribution is 2.10. The average Bonchev–Trinajstić information content (AvgIpc) is 2.37. The Labute approximate surface area is 107 Å². The van der Waals surface area contributed by atoms with Crippen molar-refractivity contribution in [1.82, 2.24) is 9.97 Å². The summed E-state index contributed by atoms with van der Waals surface area (Å²) in [6.45, 7) is 0. The molecule has 0 unspecified atom stereocenters. The number of rotatable bonds is 3. The molecule has 0 saturated heterocycles. The maximum absolute atomic E-state index is 11.8. The van der Waals surface area contributed by atoms with E-state index in [9.17, 15) is 4.79 Å². The SMILES string of the molecule is O=C(C=Cc1ccccn1)c1cncc(Br)c1. The molecule has 0 atom stereocenters. The fourth-order valence-corrected chi connectivity index (χ4v) is 1.64. The summed E-state index contributed by atoms with van der Waals surface area (Å²) in [5, 5.41) is 0. The van der Waals surface area contributed by atoms with E-state index in [4.69, 9.17) is 0 Å². The van der Waals surface area contributed by atoms with Gasteiger partial charge in [0.05, 0.1) is 5.69 Å². The summed E-state index contributed by atoms with van der Waals surface area (Å²) in [7, 11) is 0. The number of allylic oxidation sites excluding steroid dienone is 1. The molecule has 0 aliphatic heterocycles. The Balaban J connectivity index is 2.15. The van der Waals surface area contributed by atoms with Crippen LogP contribution in [0.4, 0.5) is 0 Å². The highest BCUT2D eigenvalue weighted by Gasteiger charge is 2.02. The van der Waals surface area contributed by atoms with Crippen LogP contribution in [0.15, 0.2) is 53.4 Å². The van der Waals surface area contributed by atoms with Crippen LogP contribution in [0.5, 0.6) is 0 Å². The maximum Gasteiger partial charge on any atom is 0.187 e. The van der Waals surface area contributed by atoms with Gasteiger partial charge in [-0.2, -0.15) is 0 Å². The maximum atomic E-state index is 11.8. The van der Waals surface area contributed by atoms with Gasteiger partial charge in [0.15, 0.2) is 5.78 Å². The van der Waals surface area contributed by atoms with Gasteiger partial charge in [0, 0.05) is 28.6 Å². The molecule has 0 aliphatic rings. The van der Waals surface area contributed by atoms with Crippen molar-refractivity contribution in [2.45, 2.75) is 0 Å². The van der Waals surface area contributed by atoms with Crippen molar-refractivity contribution in [3.8, 4) is 0 Å². The van der Waals surface area contributed by atoms with Gasteiger partial charge in [0.25, 0.3) is 0 Å². The van der Waals surface area contributed by atoms with Crippen molar-refractivity contribution in [2.24, 2.45) is 0 Å². The van der Waals surface area contributed by atoms with Gasteiger partial charge in [-0.25, -0.2) is 0 Å². The van der Waals surface area contributed by atoms with Crippen molar-refractivity contribution in [3.63, 3.8) is 0 Å². The van der Waals surface area contributed by atoms with E-state index in [0.29, 0.717) is 5.56 Å². The quantitative estimate of drug-likeness (QED) is 0.644. The number of nitrogens with zero attached hydrogens (tertiary/aromatic N) is 2. The highest BCUT2D eigenvalue weighted by atomic mass is 79.9. The smallest absolute Gasteiger partial charge is 0.187 e. The number of hydrogen-bond acceptors (Lipinski definition) is 3. The van der Waals surface area contributed by atoms with Gasteiger partial charge in [-0.3, -0.25) is 14.8 Å². The third kappa shape index (κ3) is 3.32. The molecule has 0 amide bonds. The van der Waals surface area contributed by atoms with Gasteiger partial charge in [0.1, 0.15) is 0 Å². The van der Waals surface area contributed by atoms with Gasteiger partial charge in [0.2, 0.25) is 0 Å². The first kappa shape index (κ1) is 11.7. The standard InChI is InChI=1S/C13H9BrN2O/c14-11-7-10(8-15-9-11)13(17)5-4-12-3-1-2-6-16-12/h1-9H. The summed E-state index contributed by atoms with van der Waals surface area (Å²) >= 11 is 3.28. The molecule has 0 spiro atoms. The Bertz CT molecular complexity index is 552. The Morgan fingerprint density at radius 1 is 1.29 bits per heavy atom. The third-order valence-electron chi connectivity index (χ3n) is 2.08. The van der Waals surface area contributed by atoms with Crippen molar-refractivity contribution >= 4 is 27.8 Å².